The van der Waals surface area contributed by atoms with Gasteiger partial charge in [-0.3, -0.25) is 14.3 Å². The van der Waals surface area contributed by atoms with Crippen molar-refractivity contribution >= 4 is 29.3 Å². The normalized spacial score (nSPS) is 11.3. The van der Waals surface area contributed by atoms with E-state index in [0.29, 0.717) is 17.0 Å². The first-order valence-electron chi connectivity index (χ1n) is 7.51. The number of carboxylic acid groups (broad SMARTS) is 1. The number of benzene rings is 1. The lowest BCUT2D eigenvalue weighted by Crippen LogP contribution is -2.22. The molecule has 2 rings (SSSR count). The van der Waals surface area contributed by atoms with Crippen molar-refractivity contribution in [3.8, 4) is 0 Å². The Kier molecular flexibility index (Phi) is 5.66. The van der Waals surface area contributed by atoms with Crippen molar-refractivity contribution in [2.24, 2.45) is 0 Å². The molecule has 0 unspecified atom stereocenters. The van der Waals surface area contributed by atoms with Crippen molar-refractivity contribution in [2.75, 3.05) is 11.1 Å². The Hall–Kier alpha value is -2.28. The van der Waals surface area contributed by atoms with Gasteiger partial charge in [-0.1, -0.05) is 12.1 Å². The van der Waals surface area contributed by atoms with Crippen molar-refractivity contribution in [1.82, 2.24) is 9.78 Å². The first-order valence-corrected chi connectivity index (χ1v) is 8.66. The van der Waals surface area contributed by atoms with Gasteiger partial charge in [-0.25, -0.2) is 0 Å². The zero-order valence-corrected chi connectivity index (χ0v) is 14.8. The van der Waals surface area contributed by atoms with Crippen LogP contribution >= 0.6 is 11.8 Å². The molecule has 0 fully saturated rings. The summed E-state index contributed by atoms with van der Waals surface area (Å²) >= 11 is 1.32. The summed E-state index contributed by atoms with van der Waals surface area (Å²) < 4.78 is 1.75. The van der Waals surface area contributed by atoms with Crippen molar-refractivity contribution in [3.63, 3.8) is 0 Å². The second-order valence-corrected chi connectivity index (χ2v) is 7.37. The predicted molar refractivity (Wildman–Crippen MR) is 95.4 cm³/mol. The summed E-state index contributed by atoms with van der Waals surface area (Å²) in [7, 11) is 0. The number of anilines is 1. The van der Waals surface area contributed by atoms with Crippen LogP contribution in [0.5, 0.6) is 0 Å². The fraction of sp³-hybridized carbons (Fsp3) is 0.353. The first-order chi connectivity index (χ1) is 11.3. The molecular formula is C17H21N3O3S. The minimum atomic E-state index is -0.833. The van der Waals surface area contributed by atoms with Crippen LogP contribution in [0.4, 0.5) is 5.69 Å². The molecular weight excluding hydrogens is 326 g/mol. The smallest absolute Gasteiger partial charge is 0.313 e. The maximum Gasteiger partial charge on any atom is 0.313 e. The number of rotatable bonds is 6. The van der Waals surface area contributed by atoms with Gasteiger partial charge in [0.05, 0.1) is 23.1 Å². The number of aromatic nitrogens is 2. The highest BCUT2D eigenvalue weighted by molar-refractivity contribution is 7.99. The second kappa shape index (κ2) is 7.53. The van der Waals surface area contributed by atoms with Crippen molar-refractivity contribution < 1.29 is 14.7 Å². The highest BCUT2D eigenvalue weighted by Crippen LogP contribution is 2.18. The summed E-state index contributed by atoms with van der Waals surface area (Å²) in [5.74, 6) is -0.415. The first kappa shape index (κ1) is 18.1. The van der Waals surface area contributed by atoms with Crippen LogP contribution in [0.3, 0.4) is 0 Å². The van der Waals surface area contributed by atoms with Gasteiger partial charge in [0.2, 0.25) is 0 Å². The number of nitrogens with zero attached hydrogens (tertiary/aromatic N) is 2. The van der Waals surface area contributed by atoms with Crippen LogP contribution in [0.15, 0.2) is 36.7 Å². The second-order valence-electron chi connectivity index (χ2n) is 6.39. The maximum absolute atomic E-state index is 12.3. The number of aliphatic carboxylic acids is 1. The van der Waals surface area contributed by atoms with E-state index in [-0.39, 0.29) is 17.2 Å². The SMILES string of the molecule is CC(C)(C)n1cc(C(=O)Nc2cccc(CSCC(=O)O)c2)cn1. The number of carbonyl (C=O) groups excluding carboxylic acids is 1. The average molecular weight is 347 g/mol. The van der Waals surface area contributed by atoms with Crippen molar-refractivity contribution in [1.29, 1.82) is 0 Å². The average Bonchev–Trinajstić information content (AvgIpc) is 2.97. The van der Waals surface area contributed by atoms with E-state index in [1.165, 1.54) is 11.8 Å². The van der Waals surface area contributed by atoms with Crippen LogP contribution in [-0.2, 0) is 16.1 Å². The summed E-state index contributed by atoms with van der Waals surface area (Å²) in [6, 6.07) is 7.39. The molecule has 24 heavy (non-hydrogen) atoms. The Labute approximate surface area is 145 Å². The van der Waals surface area contributed by atoms with E-state index < -0.39 is 5.97 Å². The molecule has 0 spiro atoms. The van der Waals surface area contributed by atoms with E-state index in [1.54, 1.807) is 23.1 Å². The molecule has 0 saturated heterocycles. The molecule has 0 saturated carbocycles. The summed E-state index contributed by atoms with van der Waals surface area (Å²) in [4.78, 5) is 22.9. The van der Waals surface area contributed by atoms with E-state index in [0.717, 1.165) is 5.56 Å². The van der Waals surface area contributed by atoms with Crippen LogP contribution in [0.1, 0.15) is 36.7 Å². The number of hydrogen-bond acceptors (Lipinski definition) is 4. The highest BCUT2D eigenvalue weighted by Gasteiger charge is 2.16. The van der Waals surface area contributed by atoms with E-state index in [2.05, 4.69) is 10.4 Å². The summed E-state index contributed by atoms with van der Waals surface area (Å²) in [6.45, 7) is 6.04. The van der Waals surface area contributed by atoms with Gasteiger partial charge >= 0.3 is 5.97 Å². The molecule has 6 nitrogen and oxygen atoms in total. The van der Waals surface area contributed by atoms with Gasteiger partial charge in [0.1, 0.15) is 0 Å². The molecule has 0 aliphatic carbocycles. The number of thioether (sulfide) groups is 1. The minimum absolute atomic E-state index is 0.0581. The predicted octanol–water partition coefficient (Wildman–Crippen LogP) is 3.21. The molecule has 2 N–H and O–H groups in total. The minimum Gasteiger partial charge on any atom is -0.481 e. The van der Waals surface area contributed by atoms with Gasteiger partial charge in [-0.05, 0) is 38.5 Å². The number of amides is 1. The van der Waals surface area contributed by atoms with E-state index in [9.17, 15) is 9.59 Å². The maximum atomic E-state index is 12.3. The molecule has 128 valence electrons. The number of carbonyl (C=O) groups is 2. The third kappa shape index (κ3) is 5.13. The lowest BCUT2D eigenvalue weighted by atomic mass is 10.1. The Morgan fingerprint density at radius 3 is 2.71 bits per heavy atom. The third-order valence-corrected chi connectivity index (χ3v) is 4.20. The van der Waals surface area contributed by atoms with Gasteiger partial charge in [0, 0.05) is 17.6 Å². The fourth-order valence-corrected chi connectivity index (χ4v) is 2.70. The molecule has 7 heteroatoms. The quantitative estimate of drug-likeness (QED) is 0.838. The Bertz CT molecular complexity index is 735. The third-order valence-electron chi connectivity index (χ3n) is 3.21. The number of carboxylic acids is 1. The number of hydrogen-bond donors (Lipinski definition) is 2. The zero-order valence-electron chi connectivity index (χ0n) is 13.9. The highest BCUT2D eigenvalue weighted by atomic mass is 32.2. The monoisotopic (exact) mass is 347 g/mol. The van der Waals surface area contributed by atoms with Crippen molar-refractivity contribution in [3.05, 3.63) is 47.8 Å². The fourth-order valence-electron chi connectivity index (χ4n) is 2.01. The van der Waals surface area contributed by atoms with Gasteiger partial charge in [0.25, 0.3) is 5.91 Å². The lowest BCUT2D eigenvalue weighted by Gasteiger charge is -2.18. The summed E-state index contributed by atoms with van der Waals surface area (Å²) in [5, 5.41) is 15.7. The van der Waals surface area contributed by atoms with E-state index >= 15 is 0 Å². The standard InChI is InChI=1S/C17H21N3O3S/c1-17(2,3)20-9-13(8-18-20)16(23)19-14-6-4-5-12(7-14)10-24-11-15(21)22/h4-9H,10-11H2,1-3H3,(H,19,23)(H,21,22). The lowest BCUT2D eigenvalue weighted by molar-refractivity contribution is -0.133. The summed E-state index contributed by atoms with van der Waals surface area (Å²) in [6.07, 6.45) is 3.27. The van der Waals surface area contributed by atoms with Gasteiger partial charge in [-0.15, -0.1) is 11.8 Å². The van der Waals surface area contributed by atoms with Gasteiger partial charge in [-0.2, -0.15) is 5.10 Å². The Morgan fingerprint density at radius 2 is 2.08 bits per heavy atom. The molecule has 1 aromatic carbocycles. The van der Waals surface area contributed by atoms with Crippen LogP contribution in [0.25, 0.3) is 0 Å². The molecule has 1 amide bonds. The number of nitrogens with one attached hydrogen (secondary N) is 1. The van der Waals surface area contributed by atoms with Gasteiger partial charge < -0.3 is 10.4 Å². The molecule has 1 aromatic heterocycles. The molecule has 2 aromatic rings. The Morgan fingerprint density at radius 1 is 1.33 bits per heavy atom. The molecule has 0 radical (unpaired) electrons. The van der Waals surface area contributed by atoms with E-state index in [1.807, 2.05) is 39.0 Å². The summed E-state index contributed by atoms with van der Waals surface area (Å²) in [5.41, 5.74) is 1.96. The van der Waals surface area contributed by atoms with Crippen LogP contribution in [0.2, 0.25) is 0 Å². The molecule has 0 aliphatic rings. The molecule has 0 atom stereocenters. The zero-order chi connectivity index (χ0) is 17.7. The largest absolute Gasteiger partial charge is 0.481 e. The van der Waals surface area contributed by atoms with Gasteiger partial charge in [0.15, 0.2) is 0 Å². The van der Waals surface area contributed by atoms with Crippen LogP contribution in [-0.4, -0.2) is 32.5 Å². The van der Waals surface area contributed by atoms with Crippen LogP contribution in [0, 0.1) is 0 Å². The van der Waals surface area contributed by atoms with Crippen molar-refractivity contribution in [2.45, 2.75) is 32.1 Å². The van der Waals surface area contributed by atoms with E-state index in [4.69, 9.17) is 5.11 Å². The topological polar surface area (TPSA) is 84.2 Å². The molecule has 0 bridgehead atoms. The molecule has 0 aliphatic heterocycles. The van der Waals surface area contributed by atoms with Crippen LogP contribution < -0.4 is 5.32 Å². The molecule has 1 heterocycles. The Balaban J connectivity index is 2.01.